The molecule has 1 aliphatic heterocycles. The van der Waals surface area contributed by atoms with Crippen LogP contribution in [0, 0.1) is 0 Å². The number of aliphatic hydroxyl groups is 2. The van der Waals surface area contributed by atoms with Gasteiger partial charge in [-0.05, 0) is 20.8 Å². The SMILES string of the molecule is C=C(C)C(=O)OOC[C@@H](OOC(=O)C(=C)C)[C@H]1OC(O)[C@H](O)[C@H]1OOC(=O)C(=C)C. The first kappa shape index (κ1) is 25.4. The van der Waals surface area contributed by atoms with E-state index in [1.807, 2.05) is 0 Å². The zero-order chi connectivity index (χ0) is 23.0. The van der Waals surface area contributed by atoms with Crippen LogP contribution in [-0.4, -0.2) is 65.4 Å². The minimum Gasteiger partial charge on any atom is -0.385 e. The molecule has 5 atom stereocenters. The van der Waals surface area contributed by atoms with E-state index in [1.54, 1.807) is 0 Å². The standard InChI is InChI=1S/C18H24O12/c1-8(2)15(20)28-24-7-11(26-29-16(21)9(3)4)13-14(12(19)18(23)25-13)27-30-17(22)10(5)6/h11-14,18-19,23H,1,3,5,7H2,2,4,6H3/t11-,12-,13-,14-,18?/m1/s1. The Morgan fingerprint density at radius 1 is 0.900 bits per heavy atom. The van der Waals surface area contributed by atoms with Crippen molar-refractivity contribution in [2.45, 2.75) is 51.5 Å². The third-order valence-electron chi connectivity index (χ3n) is 3.51. The zero-order valence-corrected chi connectivity index (χ0v) is 16.7. The van der Waals surface area contributed by atoms with Crippen molar-refractivity contribution < 1.29 is 58.7 Å². The van der Waals surface area contributed by atoms with Gasteiger partial charge >= 0.3 is 17.9 Å². The van der Waals surface area contributed by atoms with Crippen molar-refractivity contribution in [3.8, 4) is 0 Å². The van der Waals surface area contributed by atoms with E-state index < -0.39 is 55.2 Å². The van der Waals surface area contributed by atoms with E-state index in [9.17, 15) is 24.6 Å². The van der Waals surface area contributed by atoms with E-state index in [4.69, 9.17) is 19.4 Å². The van der Waals surface area contributed by atoms with Gasteiger partial charge in [-0.3, -0.25) is 14.7 Å². The molecule has 30 heavy (non-hydrogen) atoms. The summed E-state index contributed by atoms with van der Waals surface area (Å²) in [4.78, 5) is 62.7. The van der Waals surface area contributed by atoms with Crippen LogP contribution in [0.2, 0.25) is 0 Å². The predicted octanol–water partition coefficient (Wildman–Crippen LogP) is -0.0456. The van der Waals surface area contributed by atoms with E-state index in [0.717, 1.165) is 0 Å². The van der Waals surface area contributed by atoms with Gasteiger partial charge in [-0.2, -0.15) is 14.7 Å². The molecule has 2 N–H and O–H groups in total. The molecule has 0 aromatic heterocycles. The van der Waals surface area contributed by atoms with Crippen LogP contribution >= 0.6 is 0 Å². The molecular weight excluding hydrogens is 408 g/mol. The highest BCUT2D eigenvalue weighted by molar-refractivity contribution is 5.87. The molecule has 0 aromatic carbocycles. The Bertz CT molecular complexity index is 699. The molecule has 0 bridgehead atoms. The van der Waals surface area contributed by atoms with Crippen LogP contribution in [0.25, 0.3) is 0 Å². The molecule has 12 heteroatoms. The molecular formula is C18H24O12. The van der Waals surface area contributed by atoms with Crippen LogP contribution in [0.3, 0.4) is 0 Å². The topological polar surface area (TPSA) is 156 Å². The van der Waals surface area contributed by atoms with Gasteiger partial charge in [0.2, 0.25) is 0 Å². The number of rotatable bonds is 11. The molecule has 0 aliphatic carbocycles. The number of carbonyl (C=O) groups is 3. The highest BCUT2D eigenvalue weighted by Crippen LogP contribution is 2.27. The Balaban J connectivity index is 2.92. The Morgan fingerprint density at radius 2 is 1.40 bits per heavy atom. The Morgan fingerprint density at radius 3 is 1.93 bits per heavy atom. The summed E-state index contributed by atoms with van der Waals surface area (Å²) in [5.74, 6) is -2.77. The first-order chi connectivity index (χ1) is 14.0. The van der Waals surface area contributed by atoms with Gasteiger partial charge in [0.25, 0.3) is 0 Å². The van der Waals surface area contributed by atoms with Gasteiger partial charge in [0.05, 0.1) is 0 Å². The van der Waals surface area contributed by atoms with Crippen molar-refractivity contribution in [3.05, 3.63) is 36.5 Å². The second kappa shape index (κ2) is 11.5. The first-order valence-electron chi connectivity index (χ1n) is 8.52. The molecule has 0 amide bonds. The van der Waals surface area contributed by atoms with Gasteiger partial charge in [-0.15, -0.1) is 0 Å². The second-order valence-corrected chi connectivity index (χ2v) is 6.42. The highest BCUT2D eigenvalue weighted by atomic mass is 17.2. The maximum Gasteiger partial charge on any atom is 0.368 e. The lowest BCUT2D eigenvalue weighted by atomic mass is 10.1. The summed E-state index contributed by atoms with van der Waals surface area (Å²) in [5.41, 5.74) is 0.0368. The molecule has 12 nitrogen and oxygen atoms in total. The molecule has 0 saturated carbocycles. The van der Waals surface area contributed by atoms with Crippen LogP contribution in [0.15, 0.2) is 36.5 Å². The Kier molecular flexibility index (Phi) is 9.78. The Labute approximate surface area is 172 Å². The summed E-state index contributed by atoms with van der Waals surface area (Å²) in [7, 11) is 0. The predicted molar refractivity (Wildman–Crippen MR) is 95.3 cm³/mol. The number of hydrogen-bond acceptors (Lipinski definition) is 12. The quantitative estimate of drug-likeness (QED) is 0.255. The minimum atomic E-state index is -1.77. The molecule has 168 valence electrons. The van der Waals surface area contributed by atoms with Crippen molar-refractivity contribution in [2.24, 2.45) is 0 Å². The van der Waals surface area contributed by atoms with Crippen molar-refractivity contribution in [3.63, 3.8) is 0 Å². The summed E-state index contributed by atoms with van der Waals surface area (Å²) in [5, 5.41) is 19.8. The van der Waals surface area contributed by atoms with Crippen LogP contribution < -0.4 is 0 Å². The van der Waals surface area contributed by atoms with E-state index in [0.29, 0.717) is 0 Å². The van der Waals surface area contributed by atoms with Crippen LogP contribution in [0.5, 0.6) is 0 Å². The van der Waals surface area contributed by atoms with E-state index in [2.05, 4.69) is 34.4 Å². The lowest BCUT2D eigenvalue weighted by Crippen LogP contribution is -2.45. The highest BCUT2D eigenvalue weighted by Gasteiger charge is 2.50. The van der Waals surface area contributed by atoms with E-state index in [1.165, 1.54) is 20.8 Å². The van der Waals surface area contributed by atoms with Gasteiger partial charge in [0.1, 0.15) is 18.8 Å². The van der Waals surface area contributed by atoms with Crippen LogP contribution in [-0.2, 0) is 48.4 Å². The van der Waals surface area contributed by atoms with Crippen LogP contribution in [0.1, 0.15) is 20.8 Å². The molecule has 0 aromatic rings. The van der Waals surface area contributed by atoms with Gasteiger partial charge in [0, 0.05) is 16.7 Å². The molecule has 1 unspecified atom stereocenters. The zero-order valence-electron chi connectivity index (χ0n) is 16.7. The molecule has 1 saturated heterocycles. The maximum absolute atomic E-state index is 11.6. The normalized spacial score (nSPS) is 23.9. The molecule has 1 heterocycles. The average molecular weight is 432 g/mol. The maximum atomic E-state index is 11.6. The van der Waals surface area contributed by atoms with E-state index in [-0.39, 0.29) is 16.7 Å². The fourth-order valence-electron chi connectivity index (χ4n) is 1.84. The summed E-state index contributed by atoms with van der Waals surface area (Å²) in [6, 6.07) is 0. The van der Waals surface area contributed by atoms with E-state index >= 15 is 0 Å². The Hall–Kier alpha value is -2.61. The molecule has 1 aliphatic rings. The molecule has 1 fully saturated rings. The van der Waals surface area contributed by atoms with Crippen molar-refractivity contribution >= 4 is 17.9 Å². The largest absolute Gasteiger partial charge is 0.385 e. The monoisotopic (exact) mass is 432 g/mol. The lowest BCUT2D eigenvalue weighted by Gasteiger charge is -2.24. The number of ether oxygens (including phenoxy) is 1. The summed E-state index contributed by atoms with van der Waals surface area (Å²) >= 11 is 0. The third kappa shape index (κ3) is 7.33. The second-order valence-electron chi connectivity index (χ2n) is 6.42. The smallest absolute Gasteiger partial charge is 0.368 e. The minimum absolute atomic E-state index is 0.000948. The lowest BCUT2D eigenvalue weighted by molar-refractivity contribution is -0.364. The van der Waals surface area contributed by atoms with Crippen molar-refractivity contribution in [1.82, 2.24) is 0 Å². The number of hydrogen-bond donors (Lipinski definition) is 2. The molecule has 1 rings (SSSR count). The molecule has 0 radical (unpaired) electrons. The summed E-state index contributed by atoms with van der Waals surface area (Å²) < 4.78 is 5.13. The fourth-order valence-corrected chi connectivity index (χ4v) is 1.84. The van der Waals surface area contributed by atoms with Gasteiger partial charge < -0.3 is 14.9 Å². The van der Waals surface area contributed by atoms with Crippen LogP contribution in [0.4, 0.5) is 0 Å². The van der Waals surface area contributed by atoms with Gasteiger partial charge in [-0.25, -0.2) is 14.4 Å². The first-order valence-corrected chi connectivity index (χ1v) is 8.52. The number of carbonyl (C=O) groups excluding carboxylic acids is 3. The summed E-state index contributed by atoms with van der Waals surface area (Å²) in [6.45, 7) is 13.6. The van der Waals surface area contributed by atoms with Crippen molar-refractivity contribution in [2.75, 3.05) is 6.61 Å². The fraction of sp³-hybridized carbons (Fsp3) is 0.500. The third-order valence-corrected chi connectivity index (χ3v) is 3.51. The van der Waals surface area contributed by atoms with Gasteiger partial charge in [-0.1, -0.05) is 19.7 Å². The average Bonchev–Trinajstić information content (AvgIpc) is 2.95. The van der Waals surface area contributed by atoms with Crippen molar-refractivity contribution in [1.29, 1.82) is 0 Å². The number of aliphatic hydroxyl groups excluding tert-OH is 2. The summed E-state index contributed by atoms with van der Waals surface area (Å²) in [6.07, 6.45) is -7.79. The molecule has 0 spiro atoms. The van der Waals surface area contributed by atoms with Gasteiger partial charge in [0.15, 0.2) is 18.5 Å².